The van der Waals surface area contributed by atoms with E-state index in [-0.39, 0.29) is 0 Å². The zero-order chi connectivity index (χ0) is 19.5. The Hall–Kier alpha value is -2.08. The van der Waals surface area contributed by atoms with Crippen molar-refractivity contribution >= 4 is 5.69 Å². The molecule has 152 valence electrons. The van der Waals surface area contributed by atoms with Crippen molar-refractivity contribution < 1.29 is 9.26 Å². The van der Waals surface area contributed by atoms with Crippen molar-refractivity contribution in [1.29, 1.82) is 0 Å². The van der Waals surface area contributed by atoms with Gasteiger partial charge in [-0.3, -0.25) is 0 Å². The smallest absolute Gasteiger partial charge is 0.229 e. The maximum absolute atomic E-state index is 5.53. The van der Waals surface area contributed by atoms with Crippen molar-refractivity contribution in [2.24, 2.45) is 0 Å². The Balaban J connectivity index is 1.28. The fourth-order valence-electron chi connectivity index (χ4n) is 4.46. The molecule has 0 unspecified atom stereocenters. The number of hydrogen-bond acceptors (Lipinski definition) is 6. The number of benzene rings is 1. The monoisotopic (exact) mass is 384 g/mol. The van der Waals surface area contributed by atoms with Crippen LogP contribution in [0.5, 0.6) is 5.75 Å². The molecule has 0 atom stereocenters. The van der Waals surface area contributed by atoms with Gasteiger partial charge in [0.2, 0.25) is 5.89 Å². The van der Waals surface area contributed by atoms with Gasteiger partial charge >= 0.3 is 0 Å². The molecule has 2 fully saturated rings. The van der Waals surface area contributed by atoms with E-state index in [1.54, 1.807) is 7.11 Å². The van der Waals surface area contributed by atoms with E-state index in [1.807, 2.05) is 6.07 Å². The Morgan fingerprint density at radius 1 is 1.07 bits per heavy atom. The van der Waals surface area contributed by atoms with Gasteiger partial charge in [-0.05, 0) is 50.9 Å². The molecule has 2 aliphatic heterocycles. The second-order valence-corrected chi connectivity index (χ2v) is 8.38. The van der Waals surface area contributed by atoms with E-state index in [2.05, 4.69) is 52.0 Å². The molecule has 0 N–H and O–H groups in total. The Morgan fingerprint density at radius 2 is 1.82 bits per heavy atom. The van der Waals surface area contributed by atoms with Crippen LogP contribution in [-0.4, -0.2) is 54.4 Å². The van der Waals surface area contributed by atoms with Gasteiger partial charge in [-0.25, -0.2) is 0 Å². The summed E-state index contributed by atoms with van der Waals surface area (Å²) < 4.78 is 10.9. The van der Waals surface area contributed by atoms with Crippen molar-refractivity contribution in [3.05, 3.63) is 36.0 Å². The quantitative estimate of drug-likeness (QED) is 0.775. The van der Waals surface area contributed by atoms with E-state index < -0.39 is 0 Å². The van der Waals surface area contributed by atoms with Crippen LogP contribution in [0.15, 0.2) is 28.8 Å². The minimum absolute atomic E-state index is 0.326. The Kier molecular flexibility index (Phi) is 5.85. The molecule has 6 heteroatoms. The average Bonchev–Trinajstić information content (AvgIpc) is 3.25. The highest BCUT2D eigenvalue weighted by atomic mass is 16.5. The summed E-state index contributed by atoms with van der Waals surface area (Å²) in [5.74, 6) is 3.36. The average molecular weight is 385 g/mol. The number of methoxy groups -OCH3 is 1. The molecule has 1 aromatic carbocycles. The summed E-state index contributed by atoms with van der Waals surface area (Å²) >= 11 is 0. The molecule has 4 rings (SSSR count). The van der Waals surface area contributed by atoms with E-state index >= 15 is 0 Å². The minimum Gasteiger partial charge on any atom is -0.497 e. The van der Waals surface area contributed by atoms with Gasteiger partial charge in [0.25, 0.3) is 0 Å². The van der Waals surface area contributed by atoms with Gasteiger partial charge in [0.1, 0.15) is 5.75 Å². The highest BCUT2D eigenvalue weighted by Crippen LogP contribution is 2.31. The van der Waals surface area contributed by atoms with E-state index in [9.17, 15) is 0 Å². The zero-order valence-corrected chi connectivity index (χ0v) is 17.3. The van der Waals surface area contributed by atoms with Crippen LogP contribution >= 0.6 is 0 Å². The van der Waals surface area contributed by atoms with Crippen molar-refractivity contribution in [3.8, 4) is 5.75 Å². The van der Waals surface area contributed by atoms with E-state index in [1.165, 1.54) is 18.5 Å². The fraction of sp³-hybridized carbons (Fsp3) is 0.636. The summed E-state index contributed by atoms with van der Waals surface area (Å²) in [5, 5.41) is 4.14. The topological polar surface area (TPSA) is 54.6 Å². The van der Waals surface area contributed by atoms with Gasteiger partial charge in [0.05, 0.1) is 7.11 Å². The highest BCUT2D eigenvalue weighted by Gasteiger charge is 2.31. The molecule has 0 saturated carbocycles. The third-order valence-electron chi connectivity index (χ3n) is 6.25. The molecule has 0 amide bonds. The zero-order valence-electron chi connectivity index (χ0n) is 17.3. The van der Waals surface area contributed by atoms with Crippen molar-refractivity contribution in [1.82, 2.24) is 15.0 Å². The third kappa shape index (κ3) is 4.17. The van der Waals surface area contributed by atoms with E-state index in [0.29, 0.717) is 17.9 Å². The van der Waals surface area contributed by atoms with Crippen molar-refractivity contribution in [2.75, 3.05) is 38.2 Å². The molecule has 0 spiro atoms. The van der Waals surface area contributed by atoms with Crippen LogP contribution in [0, 0.1) is 0 Å². The van der Waals surface area contributed by atoms with Crippen molar-refractivity contribution in [3.63, 3.8) is 0 Å². The summed E-state index contributed by atoms with van der Waals surface area (Å²) in [6.45, 7) is 8.70. The molecular formula is C22H32N4O2. The number of aromatic nitrogens is 2. The standard InChI is InChI=1S/C22H32N4O2/c1-16(2)21-23-22(28-24-21)17-7-11-25(12-8-17)18-9-13-26(14-10-18)19-5-4-6-20(15-19)27-3/h4-6,15-18H,7-14H2,1-3H3. The molecule has 28 heavy (non-hydrogen) atoms. The lowest BCUT2D eigenvalue weighted by Crippen LogP contribution is -2.47. The lowest BCUT2D eigenvalue weighted by Gasteiger charge is -2.42. The van der Waals surface area contributed by atoms with Crippen LogP contribution in [0.4, 0.5) is 5.69 Å². The molecule has 2 aromatic rings. The van der Waals surface area contributed by atoms with Gasteiger partial charge in [-0.1, -0.05) is 25.1 Å². The van der Waals surface area contributed by atoms with Gasteiger partial charge in [0.15, 0.2) is 5.82 Å². The lowest BCUT2D eigenvalue weighted by molar-refractivity contribution is 0.124. The van der Waals surface area contributed by atoms with Crippen LogP contribution in [0.25, 0.3) is 0 Å². The number of anilines is 1. The molecular weight excluding hydrogens is 352 g/mol. The molecule has 2 aliphatic rings. The predicted molar refractivity (Wildman–Crippen MR) is 110 cm³/mol. The Bertz CT molecular complexity index is 759. The summed E-state index contributed by atoms with van der Waals surface area (Å²) in [7, 11) is 1.73. The number of piperidine rings is 2. The molecule has 6 nitrogen and oxygen atoms in total. The van der Waals surface area contributed by atoms with E-state index in [4.69, 9.17) is 9.26 Å². The first-order valence-corrected chi connectivity index (χ1v) is 10.6. The molecule has 1 aromatic heterocycles. The fourth-order valence-corrected chi connectivity index (χ4v) is 4.46. The van der Waals surface area contributed by atoms with Crippen LogP contribution in [0.1, 0.15) is 63.1 Å². The van der Waals surface area contributed by atoms with Crippen LogP contribution in [0.2, 0.25) is 0 Å². The SMILES string of the molecule is COc1cccc(N2CCC(N3CCC(c4nc(C(C)C)no4)CC3)CC2)c1. The minimum atomic E-state index is 0.326. The number of likely N-dealkylation sites (tertiary alicyclic amines) is 1. The summed E-state index contributed by atoms with van der Waals surface area (Å²) in [6.07, 6.45) is 4.69. The molecule has 0 radical (unpaired) electrons. The number of nitrogens with zero attached hydrogens (tertiary/aromatic N) is 4. The first-order chi connectivity index (χ1) is 13.6. The summed E-state index contributed by atoms with van der Waals surface area (Å²) in [4.78, 5) is 9.78. The van der Waals surface area contributed by atoms with Crippen LogP contribution in [0.3, 0.4) is 0 Å². The molecule has 2 saturated heterocycles. The Morgan fingerprint density at radius 3 is 2.46 bits per heavy atom. The van der Waals surface area contributed by atoms with Gasteiger partial charge < -0.3 is 19.1 Å². The molecule has 0 aliphatic carbocycles. The Labute approximate surface area is 167 Å². The molecule has 3 heterocycles. The van der Waals surface area contributed by atoms with Gasteiger partial charge in [0, 0.05) is 42.7 Å². The second kappa shape index (κ2) is 8.52. The number of ether oxygens (including phenoxy) is 1. The van der Waals surface area contributed by atoms with Crippen LogP contribution in [-0.2, 0) is 0 Å². The maximum atomic E-state index is 5.53. The van der Waals surface area contributed by atoms with Crippen LogP contribution < -0.4 is 9.64 Å². The first-order valence-electron chi connectivity index (χ1n) is 10.6. The summed E-state index contributed by atoms with van der Waals surface area (Å²) in [6, 6.07) is 9.10. The largest absolute Gasteiger partial charge is 0.497 e. The number of rotatable bonds is 5. The van der Waals surface area contributed by atoms with Gasteiger partial charge in [-0.2, -0.15) is 4.98 Å². The number of hydrogen-bond donors (Lipinski definition) is 0. The normalized spacial score (nSPS) is 20.1. The first kappa shape index (κ1) is 19.2. The third-order valence-corrected chi connectivity index (χ3v) is 6.25. The summed E-state index contributed by atoms with van der Waals surface area (Å²) in [5.41, 5.74) is 1.27. The lowest BCUT2D eigenvalue weighted by atomic mass is 9.93. The predicted octanol–water partition coefficient (Wildman–Crippen LogP) is 4.05. The van der Waals surface area contributed by atoms with Crippen molar-refractivity contribution in [2.45, 2.75) is 57.4 Å². The second-order valence-electron chi connectivity index (χ2n) is 8.38. The van der Waals surface area contributed by atoms with E-state index in [0.717, 1.165) is 56.5 Å². The maximum Gasteiger partial charge on any atom is 0.229 e. The van der Waals surface area contributed by atoms with Gasteiger partial charge in [-0.15, -0.1) is 0 Å². The highest BCUT2D eigenvalue weighted by molar-refractivity contribution is 5.51. The molecule has 0 bridgehead atoms.